The molecule has 0 radical (unpaired) electrons. The van der Waals surface area contributed by atoms with E-state index in [1.165, 1.54) is 19.3 Å². The van der Waals surface area contributed by atoms with Crippen LogP contribution in [0.2, 0.25) is 0 Å². The number of rotatable bonds is 0. The summed E-state index contributed by atoms with van der Waals surface area (Å²) in [4.78, 5) is 0. The molecule has 0 aliphatic carbocycles. The van der Waals surface area contributed by atoms with Crippen LogP contribution in [0.15, 0.2) is 0 Å². The van der Waals surface area contributed by atoms with Crippen molar-refractivity contribution in [2.45, 2.75) is 19.3 Å². The van der Waals surface area contributed by atoms with Crippen molar-refractivity contribution in [2.75, 3.05) is 13.2 Å². The second kappa shape index (κ2) is 4.99. The van der Waals surface area contributed by atoms with E-state index in [1.807, 2.05) is 0 Å². The predicted octanol–water partition coefficient (Wildman–Crippen LogP) is 1.18. The zero-order valence-electron chi connectivity index (χ0n) is 4.44. The summed E-state index contributed by atoms with van der Waals surface area (Å²) in [5.41, 5.74) is 0. The summed E-state index contributed by atoms with van der Waals surface area (Å²) in [5.74, 6) is 0. The molecule has 1 nitrogen and oxygen atoms in total. The normalized spacial score (nSPS) is 20.6. The maximum Gasteiger partial charge on any atom is 0.0466 e. The molecule has 0 aromatic rings. The zero-order chi connectivity index (χ0) is 4.24. The summed E-state index contributed by atoms with van der Waals surface area (Å²) in [5, 5.41) is 0. The topological polar surface area (TPSA) is 9.23 Å². The van der Waals surface area contributed by atoms with Crippen molar-refractivity contribution in [3.8, 4) is 0 Å². The van der Waals surface area contributed by atoms with Gasteiger partial charge in [0.25, 0.3) is 0 Å². The molecule has 0 aromatic carbocycles. The van der Waals surface area contributed by atoms with Crippen LogP contribution in [0, 0.1) is 0 Å². The van der Waals surface area contributed by atoms with Crippen molar-refractivity contribution < 1.29 is 30.9 Å². The molecule has 0 aromatic heterocycles. The largest absolute Gasteiger partial charge is 0.381 e. The molecule has 0 spiro atoms. The Bertz CT molecular complexity index is 23.6. The molecule has 1 rings (SSSR count). The fraction of sp³-hybridized carbons (Fsp3) is 1.00. The van der Waals surface area contributed by atoms with Crippen molar-refractivity contribution in [1.82, 2.24) is 0 Å². The third-order valence-corrected chi connectivity index (χ3v) is 1.08. The summed E-state index contributed by atoms with van der Waals surface area (Å²) < 4.78 is 5.07. The number of hydrogen-bond donors (Lipinski definition) is 0. The minimum atomic E-state index is 0. The molecule has 0 unspecified atom stereocenters. The van der Waals surface area contributed by atoms with E-state index in [2.05, 4.69) is 0 Å². The van der Waals surface area contributed by atoms with Gasteiger partial charge in [0.15, 0.2) is 0 Å². The van der Waals surface area contributed by atoms with Gasteiger partial charge in [-0.2, -0.15) is 0 Å². The van der Waals surface area contributed by atoms with Crippen molar-refractivity contribution in [3.63, 3.8) is 0 Å². The molecule has 1 fully saturated rings. The first-order valence-corrected chi connectivity index (χ1v) is 2.58. The predicted molar refractivity (Wildman–Crippen MR) is 24.7 cm³/mol. The van der Waals surface area contributed by atoms with Gasteiger partial charge in [0.05, 0.1) is 0 Å². The van der Waals surface area contributed by atoms with Gasteiger partial charge in [-0.15, -0.1) is 0 Å². The first-order chi connectivity index (χ1) is 3.00. The van der Waals surface area contributed by atoms with Gasteiger partial charge >= 0.3 is 0 Å². The van der Waals surface area contributed by atoms with Crippen LogP contribution in [-0.2, 0) is 30.9 Å². The molecule has 1 heterocycles. The van der Waals surface area contributed by atoms with Crippen LogP contribution in [0.25, 0.3) is 0 Å². The Labute approximate surface area is 63.6 Å². The smallest absolute Gasteiger partial charge is 0.0466 e. The summed E-state index contributed by atoms with van der Waals surface area (Å²) in [6, 6.07) is 0. The van der Waals surface area contributed by atoms with Crippen LogP contribution in [0.4, 0.5) is 0 Å². The minimum absolute atomic E-state index is 0. The molecule has 1 aliphatic rings. The summed E-state index contributed by atoms with van der Waals surface area (Å²) in [7, 11) is 0. The van der Waals surface area contributed by atoms with E-state index in [9.17, 15) is 0 Å². The molecule has 0 N–H and O–H groups in total. The van der Waals surface area contributed by atoms with Gasteiger partial charge in [-0.1, -0.05) is 0 Å². The maximum atomic E-state index is 5.07. The molecular weight excluding hydrogens is 167 g/mol. The SMILES string of the molecule is C1CCOCC1.[Zr]. The van der Waals surface area contributed by atoms with Crippen LogP contribution in [0.3, 0.4) is 0 Å². The van der Waals surface area contributed by atoms with Crippen LogP contribution in [0.1, 0.15) is 19.3 Å². The first-order valence-electron chi connectivity index (χ1n) is 2.58. The molecule has 2 heteroatoms. The van der Waals surface area contributed by atoms with E-state index in [1.54, 1.807) is 0 Å². The summed E-state index contributed by atoms with van der Waals surface area (Å²) in [6.07, 6.45) is 3.93. The van der Waals surface area contributed by atoms with Gasteiger partial charge in [0.1, 0.15) is 0 Å². The van der Waals surface area contributed by atoms with Gasteiger partial charge in [0.2, 0.25) is 0 Å². The van der Waals surface area contributed by atoms with Gasteiger partial charge in [-0.25, -0.2) is 0 Å². The van der Waals surface area contributed by atoms with E-state index in [-0.39, 0.29) is 26.2 Å². The molecule has 1 saturated heterocycles. The van der Waals surface area contributed by atoms with E-state index in [0.29, 0.717) is 0 Å². The monoisotopic (exact) mass is 176 g/mol. The molecular formula is C5H10OZr. The van der Waals surface area contributed by atoms with Crippen molar-refractivity contribution in [1.29, 1.82) is 0 Å². The number of ether oxygens (including phenoxy) is 1. The van der Waals surface area contributed by atoms with Crippen molar-refractivity contribution >= 4 is 0 Å². The standard InChI is InChI=1S/C5H10O.Zr/c1-2-4-6-5-3-1;/h1-5H2;. The van der Waals surface area contributed by atoms with E-state index in [0.717, 1.165) is 13.2 Å². The minimum Gasteiger partial charge on any atom is -0.381 e. The van der Waals surface area contributed by atoms with Gasteiger partial charge in [-0.05, 0) is 19.3 Å². The summed E-state index contributed by atoms with van der Waals surface area (Å²) >= 11 is 0. The van der Waals surface area contributed by atoms with Crippen LogP contribution >= 0.6 is 0 Å². The van der Waals surface area contributed by atoms with Crippen molar-refractivity contribution in [3.05, 3.63) is 0 Å². The Balaban J connectivity index is 0.000000360. The summed E-state index contributed by atoms with van der Waals surface area (Å²) in [6.45, 7) is 2.00. The van der Waals surface area contributed by atoms with E-state index >= 15 is 0 Å². The molecule has 0 amide bonds. The van der Waals surface area contributed by atoms with Gasteiger partial charge in [0, 0.05) is 39.4 Å². The fourth-order valence-electron chi connectivity index (χ4n) is 0.687. The molecule has 1 aliphatic heterocycles. The molecule has 0 atom stereocenters. The Hall–Kier alpha value is 0.843. The van der Waals surface area contributed by atoms with E-state index < -0.39 is 0 Å². The number of hydrogen-bond acceptors (Lipinski definition) is 1. The second-order valence-corrected chi connectivity index (χ2v) is 1.67. The Morgan fingerprint density at radius 1 is 0.857 bits per heavy atom. The first kappa shape index (κ1) is 7.84. The van der Waals surface area contributed by atoms with Crippen LogP contribution in [0.5, 0.6) is 0 Å². The zero-order valence-corrected chi connectivity index (χ0v) is 6.90. The molecule has 7 heavy (non-hydrogen) atoms. The fourth-order valence-corrected chi connectivity index (χ4v) is 0.687. The Morgan fingerprint density at radius 2 is 1.43 bits per heavy atom. The average Bonchev–Trinajstić information content (AvgIpc) is 1.72. The second-order valence-electron chi connectivity index (χ2n) is 1.67. The third kappa shape index (κ3) is 3.43. The van der Waals surface area contributed by atoms with E-state index in [4.69, 9.17) is 4.74 Å². The van der Waals surface area contributed by atoms with Crippen molar-refractivity contribution in [2.24, 2.45) is 0 Å². The third-order valence-electron chi connectivity index (χ3n) is 1.08. The maximum absolute atomic E-state index is 5.07. The molecule has 40 valence electrons. The van der Waals surface area contributed by atoms with Crippen LogP contribution < -0.4 is 0 Å². The average molecular weight is 177 g/mol. The quantitative estimate of drug-likeness (QED) is 0.540. The Kier molecular flexibility index (Phi) is 5.59. The molecule has 0 saturated carbocycles. The van der Waals surface area contributed by atoms with Gasteiger partial charge < -0.3 is 4.74 Å². The van der Waals surface area contributed by atoms with Gasteiger partial charge in [-0.3, -0.25) is 0 Å². The van der Waals surface area contributed by atoms with Crippen LogP contribution in [-0.4, -0.2) is 13.2 Å². The molecule has 0 bridgehead atoms. The Morgan fingerprint density at radius 3 is 1.57 bits per heavy atom.